The van der Waals surface area contributed by atoms with Crippen LogP contribution in [0.1, 0.15) is 17.2 Å². The van der Waals surface area contributed by atoms with Crippen LogP contribution < -0.4 is 5.73 Å². The summed E-state index contributed by atoms with van der Waals surface area (Å²) < 4.78 is 50.1. The molecule has 0 saturated heterocycles. The van der Waals surface area contributed by atoms with Gasteiger partial charge >= 0.3 is 0 Å². The molecule has 1 unspecified atom stereocenters. The predicted octanol–water partition coefficient (Wildman–Crippen LogP) is 3.18. The number of benzene rings is 2. The maximum Gasteiger partial charge on any atom is 0.175 e. The Morgan fingerprint density at radius 3 is 2.19 bits per heavy atom. The lowest BCUT2D eigenvalue weighted by Crippen LogP contribution is -2.14. The third kappa shape index (κ3) is 3.48. The molecule has 0 heterocycles. The fourth-order valence-corrected chi connectivity index (χ4v) is 2.82. The monoisotopic (exact) mass is 375 g/mol. The first-order valence-electron chi connectivity index (χ1n) is 5.90. The highest BCUT2D eigenvalue weighted by molar-refractivity contribution is 9.10. The molecule has 0 radical (unpaired) electrons. The van der Waals surface area contributed by atoms with Crippen LogP contribution in [0.25, 0.3) is 0 Å². The highest BCUT2D eigenvalue weighted by Gasteiger charge is 2.17. The van der Waals surface area contributed by atoms with E-state index in [2.05, 4.69) is 15.9 Å². The van der Waals surface area contributed by atoms with Crippen molar-refractivity contribution < 1.29 is 17.2 Å². The lowest BCUT2D eigenvalue weighted by atomic mass is 9.99. The van der Waals surface area contributed by atoms with Crippen LogP contribution in [0.2, 0.25) is 0 Å². The van der Waals surface area contributed by atoms with Crippen molar-refractivity contribution in [3.63, 3.8) is 0 Å². The van der Waals surface area contributed by atoms with E-state index in [0.717, 1.165) is 18.4 Å². The Hall–Kier alpha value is -1.31. The van der Waals surface area contributed by atoms with Gasteiger partial charge in [-0.2, -0.15) is 0 Å². The lowest BCUT2D eigenvalue weighted by molar-refractivity contribution is 0.572. The molecule has 0 spiro atoms. The van der Waals surface area contributed by atoms with Gasteiger partial charge in [-0.25, -0.2) is 17.2 Å². The maximum absolute atomic E-state index is 13.9. The van der Waals surface area contributed by atoms with Crippen LogP contribution in [0, 0.1) is 11.6 Å². The number of sulfone groups is 1. The molecule has 0 aromatic heterocycles. The Morgan fingerprint density at radius 2 is 1.67 bits per heavy atom. The molecule has 0 aliphatic heterocycles. The quantitative estimate of drug-likeness (QED) is 0.838. The van der Waals surface area contributed by atoms with Crippen molar-refractivity contribution in [2.45, 2.75) is 10.9 Å². The van der Waals surface area contributed by atoms with Crippen LogP contribution in [-0.4, -0.2) is 14.7 Å². The minimum Gasteiger partial charge on any atom is -0.320 e. The first-order chi connectivity index (χ1) is 9.70. The number of halogens is 3. The Bertz CT molecular complexity index is 776. The van der Waals surface area contributed by atoms with E-state index < -0.39 is 27.5 Å². The summed E-state index contributed by atoms with van der Waals surface area (Å²) in [7, 11) is -3.31. The second-order valence-electron chi connectivity index (χ2n) is 4.61. The van der Waals surface area contributed by atoms with Gasteiger partial charge in [0.05, 0.1) is 15.4 Å². The Kier molecular flexibility index (Phi) is 4.46. The van der Waals surface area contributed by atoms with Crippen LogP contribution in [0.4, 0.5) is 8.78 Å². The van der Waals surface area contributed by atoms with Gasteiger partial charge in [0.2, 0.25) is 0 Å². The minimum atomic E-state index is -3.31. The summed E-state index contributed by atoms with van der Waals surface area (Å²) >= 11 is 2.89. The van der Waals surface area contributed by atoms with Gasteiger partial charge in [-0.1, -0.05) is 12.1 Å². The van der Waals surface area contributed by atoms with E-state index in [1.165, 1.54) is 24.3 Å². The molecule has 2 N–H and O–H groups in total. The molecule has 0 saturated carbocycles. The molecule has 1 atom stereocenters. The zero-order valence-electron chi connectivity index (χ0n) is 11.0. The molecule has 7 heteroatoms. The van der Waals surface area contributed by atoms with Crippen molar-refractivity contribution in [1.29, 1.82) is 0 Å². The van der Waals surface area contributed by atoms with Gasteiger partial charge in [0.15, 0.2) is 9.84 Å². The van der Waals surface area contributed by atoms with Gasteiger partial charge in [0, 0.05) is 11.8 Å². The molecule has 3 nitrogen and oxygen atoms in total. The van der Waals surface area contributed by atoms with Crippen molar-refractivity contribution in [2.24, 2.45) is 5.73 Å². The lowest BCUT2D eigenvalue weighted by Gasteiger charge is -2.14. The molecule has 112 valence electrons. The Morgan fingerprint density at radius 1 is 1.10 bits per heavy atom. The average Bonchev–Trinajstić information content (AvgIpc) is 2.41. The second-order valence-corrected chi connectivity index (χ2v) is 7.48. The predicted molar refractivity (Wildman–Crippen MR) is 79.6 cm³/mol. The minimum absolute atomic E-state index is 0.00260. The molecule has 21 heavy (non-hydrogen) atoms. The van der Waals surface area contributed by atoms with E-state index in [4.69, 9.17) is 5.73 Å². The van der Waals surface area contributed by atoms with Crippen LogP contribution in [0.5, 0.6) is 0 Å². The van der Waals surface area contributed by atoms with Gasteiger partial charge in [0.25, 0.3) is 0 Å². The molecule has 0 amide bonds. The van der Waals surface area contributed by atoms with Crippen LogP contribution in [0.15, 0.2) is 45.8 Å². The number of rotatable bonds is 3. The van der Waals surface area contributed by atoms with Gasteiger partial charge in [-0.05, 0) is 45.8 Å². The first kappa shape index (κ1) is 16.1. The molecule has 0 fully saturated rings. The molecule has 2 aromatic carbocycles. The number of nitrogens with two attached hydrogens (primary N) is 1. The summed E-state index contributed by atoms with van der Waals surface area (Å²) in [6.07, 6.45) is 1.09. The third-order valence-electron chi connectivity index (χ3n) is 3.04. The molecule has 0 aliphatic rings. The maximum atomic E-state index is 13.9. The van der Waals surface area contributed by atoms with Crippen molar-refractivity contribution in [2.75, 3.05) is 6.26 Å². The average molecular weight is 376 g/mol. The highest BCUT2D eigenvalue weighted by atomic mass is 79.9. The molecular formula is C14H12BrF2NO2S. The van der Waals surface area contributed by atoms with Crippen molar-refractivity contribution in [3.05, 3.63) is 63.6 Å². The third-order valence-corrected chi connectivity index (χ3v) is 4.78. The van der Waals surface area contributed by atoms with Gasteiger partial charge in [-0.15, -0.1) is 0 Å². The topological polar surface area (TPSA) is 60.2 Å². The van der Waals surface area contributed by atoms with Gasteiger partial charge < -0.3 is 5.73 Å². The molecule has 0 bridgehead atoms. The van der Waals surface area contributed by atoms with Crippen molar-refractivity contribution in [3.8, 4) is 0 Å². The van der Waals surface area contributed by atoms with Gasteiger partial charge in [0.1, 0.15) is 11.6 Å². The first-order valence-corrected chi connectivity index (χ1v) is 8.58. The zero-order chi connectivity index (χ0) is 15.8. The largest absolute Gasteiger partial charge is 0.320 e. The summed E-state index contributed by atoms with van der Waals surface area (Å²) in [6, 6.07) is 6.89. The van der Waals surface area contributed by atoms with E-state index in [1.807, 2.05) is 0 Å². The van der Waals surface area contributed by atoms with Crippen LogP contribution in [0.3, 0.4) is 0 Å². The van der Waals surface area contributed by atoms with Crippen molar-refractivity contribution >= 4 is 25.8 Å². The van der Waals surface area contributed by atoms with Crippen LogP contribution >= 0.6 is 15.9 Å². The summed E-state index contributed by atoms with van der Waals surface area (Å²) in [5, 5.41) is 0. The molecule has 0 aliphatic carbocycles. The summed E-state index contributed by atoms with van der Waals surface area (Å²) in [6.45, 7) is 0. The fourth-order valence-electron chi connectivity index (χ4n) is 1.88. The number of hydrogen-bond donors (Lipinski definition) is 1. The summed E-state index contributed by atoms with van der Waals surface area (Å²) in [5.41, 5.74) is 6.42. The Balaban J connectivity index is 2.41. The van der Waals surface area contributed by atoms with E-state index in [-0.39, 0.29) is 14.9 Å². The smallest absolute Gasteiger partial charge is 0.175 e. The summed E-state index contributed by atoms with van der Waals surface area (Å²) in [5.74, 6) is -1.25. The standard InChI is InChI=1S/C14H12BrF2NO2S/c1-21(19,20)9-4-2-8(3-5-9)14(18)10-6-13(17)11(15)7-12(10)16/h2-7,14H,18H2,1H3. The van der Waals surface area contributed by atoms with E-state index in [1.54, 1.807) is 0 Å². The fraction of sp³-hybridized carbons (Fsp3) is 0.143. The van der Waals surface area contributed by atoms with Crippen molar-refractivity contribution in [1.82, 2.24) is 0 Å². The molecular weight excluding hydrogens is 364 g/mol. The number of hydrogen-bond acceptors (Lipinski definition) is 3. The van der Waals surface area contributed by atoms with E-state index in [9.17, 15) is 17.2 Å². The molecule has 2 aromatic rings. The SMILES string of the molecule is CS(=O)(=O)c1ccc(C(N)c2cc(F)c(Br)cc2F)cc1. The summed E-state index contributed by atoms with van der Waals surface area (Å²) in [4.78, 5) is 0.140. The molecule has 2 rings (SSSR count). The zero-order valence-corrected chi connectivity index (χ0v) is 13.4. The second kappa shape index (κ2) is 5.82. The van der Waals surface area contributed by atoms with E-state index in [0.29, 0.717) is 5.56 Å². The Labute approximate surface area is 129 Å². The van der Waals surface area contributed by atoms with Gasteiger partial charge in [-0.3, -0.25) is 0 Å². The van der Waals surface area contributed by atoms with Crippen LogP contribution in [-0.2, 0) is 9.84 Å². The highest BCUT2D eigenvalue weighted by Crippen LogP contribution is 2.27. The van der Waals surface area contributed by atoms with E-state index >= 15 is 0 Å². The normalized spacial score (nSPS) is 13.2.